The largest absolute Gasteiger partial charge is 0.141 e. The van der Waals surface area contributed by atoms with Crippen LogP contribution < -0.4 is 0 Å². The zero-order valence-corrected chi connectivity index (χ0v) is 10.6. The normalized spacial score (nSPS) is 10.5. The highest BCUT2D eigenvalue weighted by molar-refractivity contribution is 7.98. The summed E-state index contributed by atoms with van der Waals surface area (Å²) in [6, 6.07) is 7.70. The number of thioether (sulfide) groups is 1. The molecule has 0 amide bonds. The fraction of sp³-hybridized carbons (Fsp3) is 0.111. The van der Waals surface area contributed by atoms with Gasteiger partial charge in [0.2, 0.25) is 0 Å². The minimum atomic E-state index is 0.648. The average Bonchev–Trinajstić information content (AvgIpc) is 2.63. The summed E-state index contributed by atoms with van der Waals surface area (Å²) >= 11 is 14.7. The Morgan fingerprint density at radius 1 is 1.27 bits per heavy atom. The molecule has 1 heterocycles. The van der Waals surface area contributed by atoms with Crippen LogP contribution in [-0.2, 0) is 5.75 Å². The van der Waals surface area contributed by atoms with Gasteiger partial charge in [0, 0.05) is 22.2 Å². The first-order chi connectivity index (χ1) is 7.27. The van der Waals surface area contributed by atoms with Crippen LogP contribution in [0.25, 0.3) is 0 Å². The maximum atomic E-state index is 6.02. The molecule has 2 aromatic rings. The second-order valence-electron chi connectivity index (χ2n) is 2.71. The van der Waals surface area contributed by atoms with E-state index in [9.17, 15) is 0 Å². The molecule has 1 aromatic heterocycles. The molecule has 0 radical (unpaired) electrons. The molecule has 0 aliphatic heterocycles. The summed E-state index contributed by atoms with van der Waals surface area (Å²) in [6.45, 7) is 0. The van der Waals surface area contributed by atoms with Crippen LogP contribution in [0.1, 0.15) is 5.69 Å². The van der Waals surface area contributed by atoms with E-state index in [1.54, 1.807) is 11.8 Å². The van der Waals surface area contributed by atoms with E-state index in [0.717, 1.165) is 15.6 Å². The summed E-state index contributed by atoms with van der Waals surface area (Å²) in [4.78, 5) is 1.03. The van der Waals surface area contributed by atoms with Crippen molar-refractivity contribution in [3.63, 3.8) is 0 Å². The third-order valence-electron chi connectivity index (χ3n) is 1.71. The highest BCUT2D eigenvalue weighted by atomic mass is 35.5. The van der Waals surface area contributed by atoms with Crippen LogP contribution in [0.5, 0.6) is 0 Å². The summed E-state index contributed by atoms with van der Waals surface area (Å²) in [5, 5.41) is 4.68. The lowest BCUT2D eigenvalue weighted by Crippen LogP contribution is -1.82. The SMILES string of the molecule is Clc1ccccc1SCc1nnsc1Cl. The van der Waals surface area contributed by atoms with E-state index in [0.29, 0.717) is 10.1 Å². The van der Waals surface area contributed by atoms with Gasteiger partial charge in [-0.3, -0.25) is 0 Å². The fourth-order valence-electron chi connectivity index (χ4n) is 0.991. The summed E-state index contributed by atoms with van der Waals surface area (Å²) in [7, 11) is 0. The molecule has 0 aliphatic rings. The Hall–Kier alpha value is -0.290. The standard InChI is InChI=1S/C9H6Cl2N2S2/c10-6-3-1-2-4-8(6)14-5-7-9(11)15-13-12-7/h1-4H,5H2. The number of hydrogen-bond donors (Lipinski definition) is 0. The topological polar surface area (TPSA) is 25.8 Å². The van der Waals surface area contributed by atoms with E-state index in [1.165, 1.54) is 11.5 Å². The predicted molar refractivity (Wildman–Crippen MR) is 65.9 cm³/mol. The second kappa shape index (κ2) is 5.16. The van der Waals surface area contributed by atoms with E-state index in [1.807, 2.05) is 24.3 Å². The maximum absolute atomic E-state index is 6.02. The van der Waals surface area contributed by atoms with Crippen molar-refractivity contribution >= 4 is 46.5 Å². The Morgan fingerprint density at radius 3 is 2.73 bits per heavy atom. The van der Waals surface area contributed by atoms with Crippen molar-refractivity contribution in [1.29, 1.82) is 0 Å². The zero-order valence-electron chi connectivity index (χ0n) is 7.48. The Labute approximate surface area is 106 Å². The minimum absolute atomic E-state index is 0.648. The van der Waals surface area contributed by atoms with E-state index >= 15 is 0 Å². The summed E-state index contributed by atoms with van der Waals surface area (Å²) in [6.07, 6.45) is 0. The van der Waals surface area contributed by atoms with Gasteiger partial charge in [-0.15, -0.1) is 16.9 Å². The molecule has 0 spiro atoms. The fourth-order valence-corrected chi connectivity index (χ4v) is 2.96. The number of rotatable bonds is 3. The molecular formula is C9H6Cl2N2S2. The van der Waals surface area contributed by atoms with Crippen molar-refractivity contribution in [2.75, 3.05) is 0 Å². The van der Waals surface area contributed by atoms with Crippen LogP contribution in [0, 0.1) is 0 Å². The molecule has 0 aliphatic carbocycles. The quantitative estimate of drug-likeness (QED) is 0.789. The Morgan fingerprint density at radius 2 is 2.07 bits per heavy atom. The molecule has 15 heavy (non-hydrogen) atoms. The first-order valence-corrected chi connectivity index (χ1v) is 6.63. The van der Waals surface area contributed by atoms with Gasteiger partial charge >= 0.3 is 0 Å². The van der Waals surface area contributed by atoms with Crippen LogP contribution >= 0.6 is 46.5 Å². The molecule has 0 fully saturated rings. The molecule has 0 N–H and O–H groups in total. The molecule has 6 heteroatoms. The van der Waals surface area contributed by atoms with E-state index in [-0.39, 0.29) is 0 Å². The molecule has 78 valence electrons. The lowest BCUT2D eigenvalue weighted by Gasteiger charge is -2.01. The van der Waals surface area contributed by atoms with Crippen LogP contribution in [0.4, 0.5) is 0 Å². The molecule has 0 bridgehead atoms. The highest BCUT2D eigenvalue weighted by Gasteiger charge is 2.07. The molecule has 0 saturated heterocycles. The predicted octanol–water partition coefficient (Wildman–Crippen LogP) is 4.14. The van der Waals surface area contributed by atoms with Crippen molar-refractivity contribution in [2.45, 2.75) is 10.6 Å². The first kappa shape index (κ1) is 11.2. The molecule has 1 aromatic carbocycles. The molecule has 0 atom stereocenters. The lowest BCUT2D eigenvalue weighted by molar-refractivity contribution is 1.07. The summed E-state index contributed by atoms with van der Waals surface area (Å²) in [5.74, 6) is 0.694. The maximum Gasteiger partial charge on any atom is 0.138 e. The van der Waals surface area contributed by atoms with Gasteiger partial charge in [-0.25, -0.2) is 0 Å². The Bertz CT molecular complexity index is 459. The van der Waals surface area contributed by atoms with Crippen LogP contribution in [0.3, 0.4) is 0 Å². The number of aromatic nitrogens is 2. The van der Waals surface area contributed by atoms with Crippen molar-refractivity contribution in [3.8, 4) is 0 Å². The van der Waals surface area contributed by atoms with E-state index in [4.69, 9.17) is 23.2 Å². The van der Waals surface area contributed by atoms with Gasteiger partial charge in [0.15, 0.2) is 0 Å². The van der Waals surface area contributed by atoms with E-state index in [2.05, 4.69) is 9.59 Å². The van der Waals surface area contributed by atoms with E-state index < -0.39 is 0 Å². The minimum Gasteiger partial charge on any atom is -0.141 e. The number of hydrogen-bond acceptors (Lipinski definition) is 4. The van der Waals surface area contributed by atoms with Crippen LogP contribution in [0.2, 0.25) is 9.36 Å². The molecular weight excluding hydrogens is 271 g/mol. The van der Waals surface area contributed by atoms with Crippen molar-refractivity contribution < 1.29 is 0 Å². The van der Waals surface area contributed by atoms with Crippen LogP contribution in [0.15, 0.2) is 29.2 Å². The smallest absolute Gasteiger partial charge is 0.138 e. The van der Waals surface area contributed by atoms with Crippen LogP contribution in [-0.4, -0.2) is 9.59 Å². The molecule has 0 unspecified atom stereocenters. The van der Waals surface area contributed by atoms with Crippen molar-refractivity contribution in [3.05, 3.63) is 39.3 Å². The van der Waals surface area contributed by atoms with Gasteiger partial charge in [0.1, 0.15) is 10.0 Å². The number of nitrogens with zero attached hydrogens (tertiary/aromatic N) is 2. The van der Waals surface area contributed by atoms with Gasteiger partial charge in [0.05, 0.1) is 5.02 Å². The molecule has 2 nitrogen and oxygen atoms in total. The number of halogens is 2. The summed E-state index contributed by atoms with van der Waals surface area (Å²) < 4.78 is 4.42. The van der Waals surface area contributed by atoms with Gasteiger partial charge in [0.25, 0.3) is 0 Å². The monoisotopic (exact) mass is 276 g/mol. The van der Waals surface area contributed by atoms with Gasteiger partial charge in [-0.2, -0.15) is 0 Å². The Balaban J connectivity index is 2.06. The van der Waals surface area contributed by atoms with Gasteiger partial charge in [-0.05, 0) is 12.1 Å². The molecule has 0 saturated carbocycles. The van der Waals surface area contributed by atoms with Crippen molar-refractivity contribution in [1.82, 2.24) is 9.59 Å². The Kier molecular flexibility index (Phi) is 3.86. The summed E-state index contributed by atoms with van der Waals surface area (Å²) in [5.41, 5.74) is 0.812. The second-order valence-corrected chi connectivity index (χ2v) is 5.49. The average molecular weight is 277 g/mol. The highest BCUT2D eigenvalue weighted by Crippen LogP contribution is 2.31. The first-order valence-electron chi connectivity index (χ1n) is 4.11. The molecule has 2 rings (SSSR count). The third-order valence-corrected chi connectivity index (χ3v) is 4.22. The zero-order chi connectivity index (χ0) is 10.7. The lowest BCUT2D eigenvalue weighted by atomic mass is 10.4. The number of benzene rings is 1. The van der Waals surface area contributed by atoms with Gasteiger partial charge < -0.3 is 0 Å². The third kappa shape index (κ3) is 2.84. The van der Waals surface area contributed by atoms with Gasteiger partial charge in [-0.1, -0.05) is 39.8 Å². The van der Waals surface area contributed by atoms with Crippen molar-refractivity contribution in [2.24, 2.45) is 0 Å².